The van der Waals surface area contributed by atoms with Gasteiger partial charge in [-0.05, 0) is 66.5 Å². The zero-order valence-electron chi connectivity index (χ0n) is 28.8. The normalized spacial score (nSPS) is 13.0. The molecule has 3 aromatic rings. The molecule has 278 valence electrons. The van der Waals surface area contributed by atoms with Gasteiger partial charge in [-0.2, -0.15) is 0 Å². The molecule has 0 heterocycles. The minimum Gasteiger partial charge on any atom is -0.370 e. The smallest absolute Gasteiger partial charge is 0.243 e. The van der Waals surface area contributed by atoms with E-state index in [0.717, 1.165) is 22.3 Å². The van der Waals surface area contributed by atoms with Crippen LogP contribution in [0.3, 0.4) is 0 Å². The van der Waals surface area contributed by atoms with Gasteiger partial charge in [0.1, 0.15) is 18.1 Å². The van der Waals surface area contributed by atoms with E-state index in [9.17, 15) is 19.2 Å². The fraction of sp³-hybridized carbons (Fsp3) is 0.333. The molecular formula is C36H48ClN11O4. The van der Waals surface area contributed by atoms with Crippen LogP contribution < -0.4 is 50.4 Å². The SMILES string of the molecule is NC(=O)[C@H](CCCN=C(N)N)NC(=O)[C@H](Cc1ccc(-c2ccccc2)cc1)NC(=O)[C@H](CCCN=C(N)N)NC(=O)[C@@H](N)Cc1ccc(Cl)cc1. The van der Waals surface area contributed by atoms with Crippen molar-refractivity contribution >= 4 is 47.1 Å². The molecule has 0 spiro atoms. The lowest BCUT2D eigenvalue weighted by molar-refractivity contribution is -0.133. The number of carbonyl (C=O) groups excluding carboxylic acids is 4. The van der Waals surface area contributed by atoms with Gasteiger partial charge >= 0.3 is 0 Å². The second kappa shape index (κ2) is 20.9. The van der Waals surface area contributed by atoms with Crippen molar-refractivity contribution in [2.75, 3.05) is 13.1 Å². The summed E-state index contributed by atoms with van der Waals surface area (Å²) in [5, 5.41) is 8.70. The summed E-state index contributed by atoms with van der Waals surface area (Å²) < 4.78 is 0. The number of halogens is 1. The molecule has 15 nitrogen and oxygen atoms in total. The average molecular weight is 734 g/mol. The van der Waals surface area contributed by atoms with Crippen LogP contribution in [0, 0.1) is 0 Å². The highest BCUT2D eigenvalue weighted by Crippen LogP contribution is 2.20. The van der Waals surface area contributed by atoms with Crippen LogP contribution in [-0.4, -0.2) is 72.8 Å². The first kappa shape index (κ1) is 40.8. The van der Waals surface area contributed by atoms with Crippen molar-refractivity contribution in [3.05, 3.63) is 95.0 Å². The molecule has 0 aliphatic heterocycles. The fourth-order valence-corrected chi connectivity index (χ4v) is 5.39. The van der Waals surface area contributed by atoms with Gasteiger partial charge < -0.3 is 50.4 Å². The second-order valence-electron chi connectivity index (χ2n) is 12.2. The summed E-state index contributed by atoms with van der Waals surface area (Å²) in [6.07, 6.45) is 1.18. The van der Waals surface area contributed by atoms with E-state index in [2.05, 4.69) is 25.9 Å². The number of primary amides is 1. The topological polar surface area (TPSA) is 285 Å². The maximum atomic E-state index is 13.9. The lowest BCUT2D eigenvalue weighted by Crippen LogP contribution is -2.58. The monoisotopic (exact) mass is 733 g/mol. The predicted molar refractivity (Wildman–Crippen MR) is 204 cm³/mol. The Morgan fingerprint density at radius 2 is 1.04 bits per heavy atom. The summed E-state index contributed by atoms with van der Waals surface area (Å²) >= 11 is 5.98. The number of hydrogen-bond acceptors (Lipinski definition) is 7. The van der Waals surface area contributed by atoms with Gasteiger partial charge in [0.25, 0.3) is 0 Å². The van der Waals surface area contributed by atoms with Crippen LogP contribution in [0.2, 0.25) is 5.02 Å². The van der Waals surface area contributed by atoms with Crippen molar-refractivity contribution in [1.29, 1.82) is 0 Å². The maximum Gasteiger partial charge on any atom is 0.243 e. The summed E-state index contributed by atoms with van der Waals surface area (Å²) in [6, 6.07) is 19.8. The molecule has 0 aliphatic carbocycles. The number of benzene rings is 3. The van der Waals surface area contributed by atoms with Crippen LogP contribution in [0.15, 0.2) is 88.8 Å². The lowest BCUT2D eigenvalue weighted by atomic mass is 9.99. The fourth-order valence-electron chi connectivity index (χ4n) is 5.26. The van der Waals surface area contributed by atoms with Crippen LogP contribution in [-0.2, 0) is 32.0 Å². The summed E-state index contributed by atoms with van der Waals surface area (Å²) in [6.45, 7) is 0.411. The zero-order chi connectivity index (χ0) is 38.0. The van der Waals surface area contributed by atoms with E-state index in [4.69, 9.17) is 46.0 Å². The van der Waals surface area contributed by atoms with Crippen LogP contribution in [0.5, 0.6) is 0 Å². The van der Waals surface area contributed by atoms with Gasteiger partial charge in [0.05, 0.1) is 6.04 Å². The van der Waals surface area contributed by atoms with Gasteiger partial charge in [-0.15, -0.1) is 0 Å². The quantitative estimate of drug-likeness (QED) is 0.0434. The summed E-state index contributed by atoms with van der Waals surface area (Å²) in [5.41, 5.74) is 37.0. The Bertz CT molecular complexity index is 1680. The van der Waals surface area contributed by atoms with E-state index in [1.807, 2.05) is 54.6 Å². The van der Waals surface area contributed by atoms with Crippen LogP contribution in [0.25, 0.3) is 11.1 Å². The number of amides is 4. The van der Waals surface area contributed by atoms with Crippen LogP contribution in [0.4, 0.5) is 0 Å². The molecule has 0 fully saturated rings. The molecule has 15 N–H and O–H groups in total. The Morgan fingerprint density at radius 1 is 0.577 bits per heavy atom. The first-order valence-corrected chi connectivity index (χ1v) is 17.2. The molecule has 0 radical (unpaired) electrons. The Labute approximate surface area is 308 Å². The van der Waals surface area contributed by atoms with Gasteiger partial charge in [0, 0.05) is 24.5 Å². The molecule has 0 bridgehead atoms. The number of carbonyl (C=O) groups is 4. The molecular weight excluding hydrogens is 686 g/mol. The second-order valence-corrected chi connectivity index (χ2v) is 12.6. The van der Waals surface area contributed by atoms with E-state index in [1.54, 1.807) is 24.3 Å². The van der Waals surface area contributed by atoms with E-state index in [-0.39, 0.29) is 50.7 Å². The highest BCUT2D eigenvalue weighted by molar-refractivity contribution is 6.30. The largest absolute Gasteiger partial charge is 0.370 e. The third kappa shape index (κ3) is 14.3. The number of rotatable bonds is 20. The minimum atomic E-state index is -1.17. The average Bonchev–Trinajstić information content (AvgIpc) is 3.11. The Kier molecular flexibility index (Phi) is 16.4. The standard InChI is InChI=1S/C36H48ClN11O4/c37-26-16-12-22(13-17-26)20-27(38)32(50)47-29(9-5-19-45-36(42)43)33(51)48-30(34(52)46-28(31(39)49)8-4-18-44-35(40)41)21-23-10-14-25(15-11-23)24-6-2-1-3-7-24/h1-3,6-7,10-17,27-30H,4-5,8-9,18-21,38H2,(H2,39,49)(H,46,52)(H,47,50)(H,48,51)(H4,40,41,44)(H4,42,43,45)/t27-,28-,29-,30-/m0/s1. The van der Waals surface area contributed by atoms with Crippen molar-refractivity contribution in [1.82, 2.24) is 16.0 Å². The number of aliphatic imine (C=N–C) groups is 2. The molecule has 3 aromatic carbocycles. The van der Waals surface area contributed by atoms with E-state index >= 15 is 0 Å². The van der Waals surface area contributed by atoms with Crippen molar-refractivity contribution in [2.24, 2.45) is 44.4 Å². The van der Waals surface area contributed by atoms with Gasteiger partial charge in [-0.3, -0.25) is 29.2 Å². The number of nitrogens with one attached hydrogen (secondary N) is 3. The predicted octanol–water partition coefficient (Wildman–Crippen LogP) is 0.166. The van der Waals surface area contributed by atoms with Gasteiger partial charge in [-0.25, -0.2) is 0 Å². The molecule has 52 heavy (non-hydrogen) atoms. The van der Waals surface area contributed by atoms with Crippen molar-refractivity contribution in [3.8, 4) is 11.1 Å². The number of guanidine groups is 2. The first-order valence-electron chi connectivity index (χ1n) is 16.8. The van der Waals surface area contributed by atoms with E-state index in [1.165, 1.54) is 0 Å². The zero-order valence-corrected chi connectivity index (χ0v) is 29.6. The summed E-state index contributed by atoms with van der Waals surface area (Å²) in [4.78, 5) is 61.1. The van der Waals surface area contributed by atoms with E-state index in [0.29, 0.717) is 17.9 Å². The molecule has 0 saturated heterocycles. The van der Waals surface area contributed by atoms with Crippen LogP contribution in [0.1, 0.15) is 36.8 Å². The third-order valence-electron chi connectivity index (χ3n) is 8.02. The Balaban J connectivity index is 1.84. The Morgan fingerprint density at radius 3 is 1.60 bits per heavy atom. The first-order chi connectivity index (χ1) is 24.8. The lowest BCUT2D eigenvalue weighted by Gasteiger charge is -2.25. The molecule has 0 aliphatic rings. The van der Waals surface area contributed by atoms with Crippen molar-refractivity contribution in [2.45, 2.75) is 62.7 Å². The van der Waals surface area contributed by atoms with Crippen molar-refractivity contribution in [3.63, 3.8) is 0 Å². The number of nitrogens with two attached hydrogens (primary N) is 6. The highest BCUT2D eigenvalue weighted by Gasteiger charge is 2.30. The molecule has 3 rings (SSSR count). The highest BCUT2D eigenvalue weighted by atomic mass is 35.5. The molecule has 0 aromatic heterocycles. The molecule has 16 heteroatoms. The van der Waals surface area contributed by atoms with E-state index < -0.39 is 47.8 Å². The third-order valence-corrected chi connectivity index (χ3v) is 8.27. The Hall–Kier alpha value is -5.67. The van der Waals surface area contributed by atoms with Gasteiger partial charge in [-0.1, -0.05) is 78.3 Å². The number of hydrogen-bond donors (Lipinski definition) is 9. The summed E-state index contributed by atoms with van der Waals surface area (Å²) in [7, 11) is 0. The van der Waals surface area contributed by atoms with Crippen LogP contribution >= 0.6 is 11.6 Å². The molecule has 0 unspecified atom stereocenters. The van der Waals surface area contributed by atoms with Crippen molar-refractivity contribution < 1.29 is 19.2 Å². The number of nitrogens with zero attached hydrogens (tertiary/aromatic N) is 2. The molecule has 4 amide bonds. The summed E-state index contributed by atoms with van der Waals surface area (Å²) in [5.74, 6) is -2.88. The van der Waals surface area contributed by atoms with Gasteiger partial charge in [0.15, 0.2) is 11.9 Å². The maximum absolute atomic E-state index is 13.9. The molecule has 4 atom stereocenters. The minimum absolute atomic E-state index is 0.0525. The molecule has 0 saturated carbocycles. The van der Waals surface area contributed by atoms with Gasteiger partial charge in [0.2, 0.25) is 23.6 Å².